The van der Waals surface area contributed by atoms with Crippen molar-refractivity contribution >= 4 is 11.9 Å². The first-order chi connectivity index (χ1) is 9.29. The zero-order chi connectivity index (χ0) is 15.2. The van der Waals surface area contributed by atoms with Crippen LogP contribution in [0.15, 0.2) is 30.3 Å². The summed E-state index contributed by atoms with van der Waals surface area (Å²) >= 11 is 0. The molecule has 5 heteroatoms. The topological polar surface area (TPSA) is 81.4 Å². The molecule has 110 valence electrons. The summed E-state index contributed by atoms with van der Waals surface area (Å²) in [6.45, 7) is 5.13. The third-order valence-corrected chi connectivity index (χ3v) is 2.66. The van der Waals surface area contributed by atoms with Crippen molar-refractivity contribution in [1.82, 2.24) is 5.48 Å². The average Bonchev–Trinajstić information content (AvgIpc) is 2.35. The van der Waals surface area contributed by atoms with Crippen molar-refractivity contribution in [1.29, 1.82) is 0 Å². The lowest BCUT2D eigenvalue weighted by Gasteiger charge is -2.17. The highest BCUT2D eigenvalue weighted by Gasteiger charge is 2.24. The smallest absolute Gasteiger partial charge is 0.337 e. The number of hydrogen-bond acceptors (Lipinski definition) is 4. The number of nitrogens with two attached hydrogens (primary N) is 1. The third kappa shape index (κ3) is 5.84. The second kappa shape index (κ2) is 7.05. The third-order valence-electron chi connectivity index (χ3n) is 2.66. The minimum Gasteiger partial charge on any atom is -0.340 e. The maximum atomic E-state index is 11.6. The molecule has 0 spiro atoms. The van der Waals surface area contributed by atoms with Gasteiger partial charge in [0, 0.05) is 12.5 Å². The van der Waals surface area contributed by atoms with Crippen LogP contribution in [0.1, 0.15) is 32.8 Å². The lowest BCUT2D eigenvalue weighted by atomic mass is 9.98. The first-order valence-electron chi connectivity index (χ1n) is 6.58. The Morgan fingerprint density at radius 1 is 1.25 bits per heavy atom. The zero-order valence-corrected chi connectivity index (χ0v) is 12.2. The molecule has 0 fully saturated rings. The molecule has 3 N–H and O–H groups in total. The molecule has 1 unspecified atom stereocenters. The van der Waals surface area contributed by atoms with Gasteiger partial charge in [0.2, 0.25) is 0 Å². The van der Waals surface area contributed by atoms with E-state index in [1.807, 2.05) is 30.3 Å². The maximum absolute atomic E-state index is 11.6. The highest BCUT2D eigenvalue weighted by atomic mass is 16.7. The van der Waals surface area contributed by atoms with Crippen molar-refractivity contribution in [3.05, 3.63) is 35.9 Å². The number of carbonyl (C=O) groups excluding carboxylic acids is 2. The van der Waals surface area contributed by atoms with Crippen LogP contribution in [0.4, 0.5) is 0 Å². The molecular weight excluding hydrogens is 256 g/mol. The van der Waals surface area contributed by atoms with E-state index in [0.717, 1.165) is 5.56 Å². The Morgan fingerprint density at radius 3 is 2.40 bits per heavy atom. The molecule has 0 heterocycles. The van der Waals surface area contributed by atoms with E-state index in [2.05, 4.69) is 5.48 Å². The van der Waals surface area contributed by atoms with E-state index >= 15 is 0 Å². The first-order valence-corrected chi connectivity index (χ1v) is 6.58. The number of rotatable bonds is 4. The van der Waals surface area contributed by atoms with E-state index in [-0.39, 0.29) is 12.5 Å². The molecule has 0 saturated carbocycles. The van der Waals surface area contributed by atoms with Crippen molar-refractivity contribution in [3.63, 3.8) is 0 Å². The second-order valence-corrected chi connectivity index (χ2v) is 5.82. The van der Waals surface area contributed by atoms with E-state index in [0.29, 0.717) is 6.42 Å². The molecule has 1 rings (SSSR count). The quantitative estimate of drug-likeness (QED) is 0.819. The predicted molar refractivity (Wildman–Crippen MR) is 76.4 cm³/mol. The summed E-state index contributed by atoms with van der Waals surface area (Å²) in [6, 6.07) is 9.37. The van der Waals surface area contributed by atoms with Crippen molar-refractivity contribution < 1.29 is 14.4 Å². The van der Waals surface area contributed by atoms with Gasteiger partial charge in [0.25, 0.3) is 5.91 Å². The van der Waals surface area contributed by atoms with Gasteiger partial charge in [-0.1, -0.05) is 30.3 Å². The van der Waals surface area contributed by atoms with Crippen LogP contribution in [-0.4, -0.2) is 17.9 Å². The average molecular weight is 278 g/mol. The minimum atomic E-state index is -0.653. The van der Waals surface area contributed by atoms with Gasteiger partial charge in [-0.15, -0.1) is 0 Å². The standard InChI is InChI=1S/C15H22N2O3/c1-15(2,3)14(19)20-17-13(18)10-12(16)9-11-7-5-4-6-8-11/h4-8,12H,9-10,16H2,1-3H3,(H,17,18). The van der Waals surface area contributed by atoms with Crippen molar-refractivity contribution in [2.75, 3.05) is 0 Å². The Bertz CT molecular complexity index is 452. The molecule has 0 bridgehead atoms. The number of carbonyl (C=O) groups is 2. The molecule has 1 aromatic rings. The molecule has 1 atom stereocenters. The monoisotopic (exact) mass is 278 g/mol. The fraction of sp³-hybridized carbons (Fsp3) is 0.467. The van der Waals surface area contributed by atoms with Crippen molar-refractivity contribution in [2.45, 2.75) is 39.7 Å². The van der Waals surface area contributed by atoms with Crippen molar-refractivity contribution in [2.24, 2.45) is 11.1 Å². The lowest BCUT2D eigenvalue weighted by molar-refractivity contribution is -0.166. The number of benzene rings is 1. The molecule has 0 saturated heterocycles. The van der Waals surface area contributed by atoms with Crippen LogP contribution in [0.5, 0.6) is 0 Å². The summed E-state index contributed by atoms with van der Waals surface area (Å²) in [5, 5.41) is 0. The highest BCUT2D eigenvalue weighted by molar-refractivity contribution is 5.80. The summed E-state index contributed by atoms with van der Waals surface area (Å²) in [6.07, 6.45) is 0.702. The van der Waals surface area contributed by atoms with Crippen LogP contribution in [0.3, 0.4) is 0 Å². The zero-order valence-electron chi connectivity index (χ0n) is 12.2. The van der Waals surface area contributed by atoms with Gasteiger partial charge in [-0.05, 0) is 32.8 Å². The van der Waals surface area contributed by atoms with Gasteiger partial charge in [0.15, 0.2) is 0 Å². The van der Waals surface area contributed by atoms with E-state index in [4.69, 9.17) is 10.6 Å². The van der Waals surface area contributed by atoms with Gasteiger partial charge >= 0.3 is 5.97 Å². The molecule has 0 aliphatic carbocycles. The molecule has 0 radical (unpaired) electrons. The van der Waals surface area contributed by atoms with Crippen LogP contribution in [-0.2, 0) is 20.8 Å². The SMILES string of the molecule is CC(C)(C)C(=O)ONC(=O)CC(N)Cc1ccccc1. The predicted octanol–water partition coefficient (Wildman–Crippen LogP) is 1.57. The van der Waals surface area contributed by atoms with Gasteiger partial charge in [-0.2, -0.15) is 5.48 Å². The normalized spacial score (nSPS) is 12.6. The van der Waals surface area contributed by atoms with E-state index in [1.165, 1.54) is 0 Å². The molecule has 20 heavy (non-hydrogen) atoms. The highest BCUT2D eigenvalue weighted by Crippen LogP contribution is 2.14. The lowest BCUT2D eigenvalue weighted by Crippen LogP contribution is -2.37. The Balaban J connectivity index is 2.34. The second-order valence-electron chi connectivity index (χ2n) is 5.82. The summed E-state index contributed by atoms with van der Waals surface area (Å²) in [5.74, 6) is -0.881. The Hall–Kier alpha value is -1.88. The molecule has 1 aromatic carbocycles. The first kappa shape index (κ1) is 16.2. The summed E-state index contributed by atoms with van der Waals surface area (Å²) in [5.41, 5.74) is 8.45. The van der Waals surface area contributed by atoms with Crippen LogP contribution in [0, 0.1) is 5.41 Å². The largest absolute Gasteiger partial charge is 0.340 e. The molecule has 0 aromatic heterocycles. The number of hydroxylamine groups is 1. The Morgan fingerprint density at radius 2 is 1.85 bits per heavy atom. The van der Waals surface area contributed by atoms with Crippen LogP contribution < -0.4 is 11.2 Å². The van der Waals surface area contributed by atoms with Crippen LogP contribution in [0.25, 0.3) is 0 Å². The van der Waals surface area contributed by atoms with Gasteiger partial charge in [-0.25, -0.2) is 4.79 Å². The van der Waals surface area contributed by atoms with Crippen molar-refractivity contribution in [3.8, 4) is 0 Å². The van der Waals surface area contributed by atoms with E-state index in [9.17, 15) is 9.59 Å². The maximum Gasteiger partial charge on any atom is 0.337 e. The summed E-state index contributed by atoms with van der Waals surface area (Å²) in [7, 11) is 0. The number of amides is 1. The summed E-state index contributed by atoms with van der Waals surface area (Å²) < 4.78 is 0. The van der Waals surface area contributed by atoms with E-state index < -0.39 is 17.3 Å². The molecule has 1 amide bonds. The van der Waals surface area contributed by atoms with Gasteiger partial charge < -0.3 is 10.6 Å². The molecule has 0 aliphatic heterocycles. The molecule has 0 aliphatic rings. The molecule has 5 nitrogen and oxygen atoms in total. The van der Waals surface area contributed by atoms with Gasteiger partial charge in [-0.3, -0.25) is 4.79 Å². The summed E-state index contributed by atoms with van der Waals surface area (Å²) in [4.78, 5) is 27.8. The molecular formula is C15H22N2O3. The van der Waals surface area contributed by atoms with Crippen LogP contribution >= 0.6 is 0 Å². The van der Waals surface area contributed by atoms with Gasteiger partial charge in [0.1, 0.15) is 0 Å². The van der Waals surface area contributed by atoms with Crippen LogP contribution in [0.2, 0.25) is 0 Å². The Labute approximate surface area is 119 Å². The van der Waals surface area contributed by atoms with Gasteiger partial charge in [0.05, 0.1) is 5.41 Å². The van der Waals surface area contributed by atoms with E-state index in [1.54, 1.807) is 20.8 Å². The number of nitrogens with one attached hydrogen (secondary N) is 1. The fourth-order valence-electron chi connectivity index (χ4n) is 1.53. The number of hydrogen-bond donors (Lipinski definition) is 2. The minimum absolute atomic E-state index is 0.103. The fourth-order valence-corrected chi connectivity index (χ4v) is 1.53. The Kier molecular flexibility index (Phi) is 5.70.